The number of aliphatic hydroxyl groups is 1. The zero-order valence-electron chi connectivity index (χ0n) is 11.6. The molecule has 1 fully saturated rings. The Morgan fingerprint density at radius 2 is 2.10 bits per heavy atom. The lowest BCUT2D eigenvalue weighted by Crippen LogP contribution is -2.36. The van der Waals surface area contributed by atoms with Gasteiger partial charge >= 0.3 is 0 Å². The van der Waals surface area contributed by atoms with E-state index in [1.807, 2.05) is 6.07 Å². The number of fused-ring (bicyclic) bond motifs is 1. The van der Waals surface area contributed by atoms with E-state index in [-0.39, 0.29) is 18.0 Å². The zero-order valence-corrected chi connectivity index (χ0v) is 12.5. The summed E-state index contributed by atoms with van der Waals surface area (Å²) in [6.45, 7) is 0.840. The summed E-state index contributed by atoms with van der Waals surface area (Å²) in [6, 6.07) is 5.60. The molecule has 0 saturated heterocycles. The molecule has 110 valence electrons. The van der Waals surface area contributed by atoms with Crippen LogP contribution in [-0.4, -0.2) is 23.5 Å². The van der Waals surface area contributed by atoms with Gasteiger partial charge in [-0.2, -0.15) is 0 Å². The standard InChI is InChI=1S/C16H22FNOS/c17-13-6-3-5-12-14(8-9-20-16(12)13)18-10-11-4-1-2-7-15(11)19/h3,5-6,11,14-15,18-19H,1-2,4,7-10H2. The Kier molecular flexibility index (Phi) is 4.64. The molecule has 20 heavy (non-hydrogen) atoms. The van der Waals surface area contributed by atoms with Gasteiger partial charge in [0.05, 0.1) is 6.10 Å². The van der Waals surface area contributed by atoms with E-state index in [0.717, 1.165) is 48.4 Å². The van der Waals surface area contributed by atoms with Gasteiger partial charge in [-0.05, 0) is 42.6 Å². The van der Waals surface area contributed by atoms with Crippen LogP contribution in [0.25, 0.3) is 0 Å². The molecule has 0 spiro atoms. The van der Waals surface area contributed by atoms with Crippen LogP contribution in [0.5, 0.6) is 0 Å². The molecule has 2 nitrogen and oxygen atoms in total. The van der Waals surface area contributed by atoms with Crippen molar-refractivity contribution in [1.29, 1.82) is 0 Å². The van der Waals surface area contributed by atoms with Gasteiger partial charge in [-0.15, -0.1) is 11.8 Å². The van der Waals surface area contributed by atoms with Crippen molar-refractivity contribution in [3.05, 3.63) is 29.6 Å². The van der Waals surface area contributed by atoms with Gasteiger partial charge in [-0.3, -0.25) is 0 Å². The van der Waals surface area contributed by atoms with Gasteiger partial charge in [0.1, 0.15) is 5.82 Å². The SMILES string of the molecule is OC1CCCCC1CNC1CCSc2c(F)cccc21. The molecule has 0 amide bonds. The molecule has 1 heterocycles. The third-order valence-corrected chi connectivity index (χ3v) is 5.68. The van der Waals surface area contributed by atoms with Crippen LogP contribution < -0.4 is 5.32 Å². The summed E-state index contributed by atoms with van der Waals surface area (Å²) in [4.78, 5) is 0.806. The summed E-state index contributed by atoms with van der Waals surface area (Å²) < 4.78 is 13.8. The molecule has 0 aromatic heterocycles. The van der Waals surface area contributed by atoms with Gasteiger partial charge in [0, 0.05) is 17.5 Å². The van der Waals surface area contributed by atoms with Crippen molar-refractivity contribution in [1.82, 2.24) is 5.32 Å². The van der Waals surface area contributed by atoms with Crippen LogP contribution in [0.2, 0.25) is 0 Å². The molecule has 2 N–H and O–H groups in total. The number of hydrogen-bond donors (Lipinski definition) is 2. The molecule has 1 saturated carbocycles. The molecule has 3 atom stereocenters. The second-order valence-electron chi connectivity index (χ2n) is 5.87. The number of rotatable bonds is 3. The first-order valence-corrected chi connectivity index (χ1v) is 8.57. The average molecular weight is 295 g/mol. The minimum Gasteiger partial charge on any atom is -0.393 e. The first kappa shape index (κ1) is 14.4. The van der Waals surface area contributed by atoms with Crippen molar-refractivity contribution in [2.24, 2.45) is 5.92 Å². The molecular formula is C16H22FNOS. The van der Waals surface area contributed by atoms with Crippen LogP contribution in [0, 0.1) is 11.7 Å². The fourth-order valence-corrected chi connectivity index (χ4v) is 4.46. The maximum Gasteiger partial charge on any atom is 0.137 e. The van der Waals surface area contributed by atoms with Crippen molar-refractivity contribution in [2.45, 2.75) is 49.1 Å². The Balaban J connectivity index is 1.66. The summed E-state index contributed by atoms with van der Waals surface area (Å²) in [5.74, 6) is 1.21. The van der Waals surface area contributed by atoms with Crippen LogP contribution in [0.4, 0.5) is 4.39 Å². The second-order valence-corrected chi connectivity index (χ2v) is 6.97. The van der Waals surface area contributed by atoms with Gasteiger partial charge in [0.15, 0.2) is 0 Å². The Bertz CT molecular complexity index is 468. The third-order valence-electron chi connectivity index (χ3n) is 4.52. The Labute approximate surface area is 124 Å². The lowest BCUT2D eigenvalue weighted by Gasteiger charge is -2.31. The minimum atomic E-state index is -0.166. The molecule has 0 bridgehead atoms. The Hall–Kier alpha value is -0.580. The van der Waals surface area contributed by atoms with Crippen LogP contribution in [0.3, 0.4) is 0 Å². The monoisotopic (exact) mass is 295 g/mol. The van der Waals surface area contributed by atoms with Crippen molar-refractivity contribution < 1.29 is 9.50 Å². The number of aliphatic hydroxyl groups excluding tert-OH is 1. The fraction of sp³-hybridized carbons (Fsp3) is 0.625. The van der Waals surface area contributed by atoms with Crippen molar-refractivity contribution in [2.75, 3.05) is 12.3 Å². The first-order chi connectivity index (χ1) is 9.75. The minimum absolute atomic E-state index is 0.100. The van der Waals surface area contributed by atoms with Gasteiger partial charge in [-0.25, -0.2) is 4.39 Å². The molecule has 0 radical (unpaired) electrons. The highest BCUT2D eigenvalue weighted by Crippen LogP contribution is 2.38. The molecule has 1 aliphatic heterocycles. The third kappa shape index (κ3) is 3.02. The molecular weight excluding hydrogens is 273 g/mol. The number of benzene rings is 1. The predicted molar refractivity (Wildman–Crippen MR) is 80.4 cm³/mol. The summed E-state index contributed by atoms with van der Waals surface area (Å²) in [6.07, 6.45) is 5.26. The van der Waals surface area contributed by atoms with Crippen molar-refractivity contribution >= 4 is 11.8 Å². The average Bonchev–Trinajstić information content (AvgIpc) is 2.47. The molecule has 1 aliphatic carbocycles. The van der Waals surface area contributed by atoms with E-state index in [2.05, 4.69) is 5.32 Å². The highest BCUT2D eigenvalue weighted by atomic mass is 32.2. The van der Waals surface area contributed by atoms with Gasteiger partial charge < -0.3 is 10.4 Å². The summed E-state index contributed by atoms with van der Waals surface area (Å²) in [5.41, 5.74) is 1.09. The van der Waals surface area contributed by atoms with E-state index in [1.54, 1.807) is 23.9 Å². The molecule has 1 aromatic rings. The van der Waals surface area contributed by atoms with Crippen molar-refractivity contribution in [3.8, 4) is 0 Å². The van der Waals surface area contributed by atoms with Crippen LogP contribution >= 0.6 is 11.8 Å². The lowest BCUT2D eigenvalue weighted by molar-refractivity contribution is 0.0679. The Morgan fingerprint density at radius 1 is 1.25 bits per heavy atom. The number of halogens is 1. The topological polar surface area (TPSA) is 32.3 Å². The van der Waals surface area contributed by atoms with Crippen LogP contribution in [0.15, 0.2) is 23.1 Å². The molecule has 3 unspecified atom stereocenters. The van der Waals surface area contributed by atoms with Crippen molar-refractivity contribution in [3.63, 3.8) is 0 Å². The maximum absolute atomic E-state index is 13.8. The quantitative estimate of drug-likeness (QED) is 0.895. The van der Waals surface area contributed by atoms with E-state index in [1.165, 1.54) is 6.42 Å². The zero-order chi connectivity index (χ0) is 13.9. The fourth-order valence-electron chi connectivity index (χ4n) is 3.32. The normalized spacial score (nSPS) is 30.0. The van der Waals surface area contributed by atoms with Gasteiger partial charge in [-0.1, -0.05) is 25.0 Å². The molecule has 3 rings (SSSR count). The number of nitrogens with one attached hydrogen (secondary N) is 1. The smallest absolute Gasteiger partial charge is 0.137 e. The van der Waals surface area contributed by atoms with Crippen LogP contribution in [-0.2, 0) is 0 Å². The van der Waals surface area contributed by atoms with E-state index in [9.17, 15) is 9.50 Å². The highest BCUT2D eigenvalue weighted by molar-refractivity contribution is 7.99. The first-order valence-electron chi connectivity index (χ1n) is 7.58. The van der Waals surface area contributed by atoms with E-state index in [0.29, 0.717) is 5.92 Å². The van der Waals surface area contributed by atoms with E-state index >= 15 is 0 Å². The molecule has 1 aromatic carbocycles. The Morgan fingerprint density at radius 3 is 2.95 bits per heavy atom. The number of hydrogen-bond acceptors (Lipinski definition) is 3. The lowest BCUT2D eigenvalue weighted by atomic mass is 9.86. The second kappa shape index (κ2) is 6.46. The molecule has 4 heteroatoms. The summed E-state index contributed by atoms with van der Waals surface area (Å²) >= 11 is 1.62. The van der Waals surface area contributed by atoms with Crippen LogP contribution in [0.1, 0.15) is 43.7 Å². The van der Waals surface area contributed by atoms with Gasteiger partial charge in [0.25, 0.3) is 0 Å². The van der Waals surface area contributed by atoms with E-state index < -0.39 is 0 Å². The van der Waals surface area contributed by atoms with E-state index in [4.69, 9.17) is 0 Å². The van der Waals surface area contributed by atoms with Gasteiger partial charge in [0.2, 0.25) is 0 Å². The largest absolute Gasteiger partial charge is 0.393 e. The number of thioether (sulfide) groups is 1. The highest BCUT2D eigenvalue weighted by Gasteiger charge is 2.26. The predicted octanol–water partition coefficient (Wildman–Crippen LogP) is 3.50. The summed E-state index contributed by atoms with van der Waals surface area (Å²) in [5, 5.41) is 13.6. The summed E-state index contributed by atoms with van der Waals surface area (Å²) in [7, 11) is 0. The maximum atomic E-state index is 13.8. The molecule has 2 aliphatic rings.